The first-order chi connectivity index (χ1) is 8.97. The Hall–Kier alpha value is -0.322. The van der Waals surface area contributed by atoms with E-state index in [-0.39, 0.29) is 15.8 Å². The number of carbonyl (C=O) groups is 1. The summed E-state index contributed by atoms with van der Waals surface area (Å²) < 4.78 is 4.18. The molecular formula is C14H10AsBrIO2. The average Bonchev–Trinajstić information content (AvgIpc) is 2.34. The van der Waals surface area contributed by atoms with Crippen molar-refractivity contribution in [2.24, 2.45) is 0 Å². The molecule has 97 valence electrons. The number of carboxylic acids is 1. The van der Waals surface area contributed by atoms with Gasteiger partial charge in [-0.2, -0.15) is 0 Å². The van der Waals surface area contributed by atoms with Gasteiger partial charge >= 0.3 is 141 Å². The van der Waals surface area contributed by atoms with E-state index in [9.17, 15) is 9.90 Å². The van der Waals surface area contributed by atoms with Gasteiger partial charge in [0.15, 0.2) is 0 Å². The molecule has 2 aromatic rings. The first kappa shape index (κ1) is 15.1. The van der Waals surface area contributed by atoms with Crippen LogP contribution in [0.15, 0.2) is 40.9 Å². The Morgan fingerprint density at radius 1 is 1.21 bits per heavy atom. The molecule has 0 aliphatic carbocycles. The fraction of sp³-hybridized carbons (Fsp3) is 0.0714. The molecule has 1 radical (unpaired) electrons. The topological polar surface area (TPSA) is 37.3 Å². The molecule has 1 N–H and O–H groups in total. The van der Waals surface area contributed by atoms with Crippen LogP contribution in [0.2, 0.25) is 0 Å². The summed E-state index contributed by atoms with van der Waals surface area (Å²) in [6, 6.07) is 11.8. The third-order valence-electron chi connectivity index (χ3n) is 2.59. The second kappa shape index (κ2) is 6.42. The zero-order chi connectivity index (χ0) is 14.0. The van der Waals surface area contributed by atoms with E-state index in [0.717, 1.165) is 8.82 Å². The minimum absolute atomic E-state index is 0.314. The van der Waals surface area contributed by atoms with E-state index in [2.05, 4.69) is 63.6 Å². The summed E-state index contributed by atoms with van der Waals surface area (Å²) in [4.78, 5) is 11.3. The van der Waals surface area contributed by atoms with Crippen molar-refractivity contribution in [2.75, 3.05) is 0 Å². The maximum atomic E-state index is 11.3. The maximum absolute atomic E-state index is 11.3. The molecule has 2 rings (SSSR count). The van der Waals surface area contributed by atoms with Crippen molar-refractivity contribution in [3.05, 3.63) is 55.6 Å². The van der Waals surface area contributed by atoms with E-state index in [1.165, 1.54) is 13.5 Å². The van der Waals surface area contributed by atoms with Crippen LogP contribution in [0.1, 0.15) is 15.9 Å². The summed E-state index contributed by atoms with van der Waals surface area (Å²) in [5, 5.41) is 9.27. The second-order valence-electron chi connectivity index (χ2n) is 4.01. The summed E-state index contributed by atoms with van der Waals surface area (Å²) in [6.45, 7) is 2.08. The normalized spacial score (nSPS) is 11.1. The molecule has 0 bridgehead atoms. The minimum atomic E-state index is -0.866. The molecule has 19 heavy (non-hydrogen) atoms. The van der Waals surface area contributed by atoms with Gasteiger partial charge in [0.05, 0.1) is 0 Å². The van der Waals surface area contributed by atoms with Crippen LogP contribution in [0.25, 0.3) is 0 Å². The van der Waals surface area contributed by atoms with Crippen LogP contribution < -0.4 is 8.70 Å². The van der Waals surface area contributed by atoms with Gasteiger partial charge in [-0.1, -0.05) is 0 Å². The Morgan fingerprint density at radius 2 is 1.89 bits per heavy atom. The second-order valence-corrected chi connectivity index (χ2v) is 8.66. The molecule has 5 heteroatoms. The van der Waals surface area contributed by atoms with Crippen molar-refractivity contribution in [3.8, 4) is 0 Å². The predicted octanol–water partition coefficient (Wildman–Crippen LogP) is 2.72. The molecule has 0 atom stereocenters. The molecule has 0 amide bonds. The molecule has 2 aromatic carbocycles. The molecule has 0 saturated carbocycles. The van der Waals surface area contributed by atoms with Crippen molar-refractivity contribution in [2.45, 2.75) is 6.92 Å². The average molecular weight is 492 g/mol. The van der Waals surface area contributed by atoms with E-state index < -0.39 is 5.97 Å². The van der Waals surface area contributed by atoms with Gasteiger partial charge in [-0.25, -0.2) is 0 Å². The van der Waals surface area contributed by atoms with E-state index >= 15 is 0 Å². The fourth-order valence-electron chi connectivity index (χ4n) is 1.65. The quantitative estimate of drug-likeness (QED) is 0.529. The summed E-state index contributed by atoms with van der Waals surface area (Å²) in [7, 11) is 0. The third-order valence-corrected chi connectivity index (χ3v) is 6.63. The van der Waals surface area contributed by atoms with Crippen LogP contribution in [-0.4, -0.2) is 26.8 Å². The Labute approximate surface area is 140 Å². The van der Waals surface area contributed by atoms with Crippen LogP contribution in [0, 0.1) is 10.5 Å². The number of aromatic carboxylic acids is 1. The first-order valence-electron chi connectivity index (χ1n) is 5.48. The van der Waals surface area contributed by atoms with Crippen LogP contribution in [0.3, 0.4) is 0 Å². The number of carboxylic acid groups (broad SMARTS) is 1. The van der Waals surface area contributed by atoms with E-state index in [1.54, 1.807) is 6.07 Å². The number of rotatable bonds is 3. The Balaban J connectivity index is 2.40. The Bertz CT molecular complexity index is 643. The van der Waals surface area contributed by atoms with Crippen molar-refractivity contribution in [3.63, 3.8) is 0 Å². The van der Waals surface area contributed by atoms with Gasteiger partial charge in [-0.15, -0.1) is 0 Å². The van der Waals surface area contributed by atoms with E-state index in [1.807, 2.05) is 12.1 Å². The number of benzene rings is 2. The molecule has 2 nitrogen and oxygen atoms in total. The zero-order valence-electron chi connectivity index (χ0n) is 10.0. The molecule has 0 aliphatic heterocycles. The van der Waals surface area contributed by atoms with Gasteiger partial charge in [-0.3, -0.25) is 0 Å². The van der Waals surface area contributed by atoms with Crippen LogP contribution in [-0.2, 0) is 0 Å². The third kappa shape index (κ3) is 3.83. The molecule has 0 aromatic heterocycles. The molecule has 0 heterocycles. The molecule has 0 fully saturated rings. The standard InChI is InChI=1S/C14H10AsBrIO2/c1-8-6-10(17)3-5-12(8)15-13-4-2-9(16)7-11(13)14(18)19/h2-7H,1H3,(H,18,19). The molecule has 0 saturated heterocycles. The van der Waals surface area contributed by atoms with Crippen molar-refractivity contribution < 1.29 is 9.90 Å². The molecular weight excluding hydrogens is 482 g/mol. The summed E-state index contributed by atoms with van der Waals surface area (Å²) in [6.07, 6.45) is 0. The van der Waals surface area contributed by atoms with E-state index in [4.69, 9.17) is 0 Å². The summed E-state index contributed by atoms with van der Waals surface area (Å²) in [5.74, 6) is -0.866. The predicted molar refractivity (Wildman–Crippen MR) is 90.0 cm³/mol. The van der Waals surface area contributed by atoms with Crippen LogP contribution >= 0.6 is 38.5 Å². The number of hydrogen-bond acceptors (Lipinski definition) is 1. The Morgan fingerprint density at radius 3 is 2.53 bits per heavy atom. The fourth-order valence-corrected chi connectivity index (χ4v) is 4.92. The molecule has 0 aliphatic rings. The van der Waals surface area contributed by atoms with Gasteiger partial charge in [0.1, 0.15) is 0 Å². The Kier molecular flexibility index (Phi) is 5.09. The zero-order valence-corrected chi connectivity index (χ0v) is 15.6. The van der Waals surface area contributed by atoms with Crippen LogP contribution in [0.4, 0.5) is 0 Å². The van der Waals surface area contributed by atoms with Crippen LogP contribution in [0.5, 0.6) is 0 Å². The molecule has 0 unspecified atom stereocenters. The van der Waals surface area contributed by atoms with Crippen molar-refractivity contribution in [1.29, 1.82) is 0 Å². The first-order valence-corrected chi connectivity index (χ1v) is 9.23. The van der Waals surface area contributed by atoms with Gasteiger partial charge < -0.3 is 0 Å². The number of halogens is 2. The summed E-state index contributed by atoms with van der Waals surface area (Å²) >= 11 is 5.29. The van der Waals surface area contributed by atoms with Gasteiger partial charge in [0.2, 0.25) is 0 Å². The van der Waals surface area contributed by atoms with Gasteiger partial charge in [0.25, 0.3) is 0 Å². The molecule has 0 spiro atoms. The monoisotopic (exact) mass is 491 g/mol. The van der Waals surface area contributed by atoms with Gasteiger partial charge in [-0.05, 0) is 0 Å². The van der Waals surface area contributed by atoms with E-state index in [0.29, 0.717) is 5.56 Å². The SMILES string of the molecule is Cc1cc(I)ccc1[As]c1ccc(Br)cc1C(=O)O. The van der Waals surface area contributed by atoms with Crippen molar-refractivity contribution >= 4 is 68.9 Å². The summed E-state index contributed by atoms with van der Waals surface area (Å²) in [5.41, 5.74) is 1.62. The number of aryl methyl sites for hydroxylation is 1. The van der Waals surface area contributed by atoms with Crippen molar-refractivity contribution in [1.82, 2.24) is 0 Å². The van der Waals surface area contributed by atoms with Gasteiger partial charge in [0, 0.05) is 0 Å². The number of hydrogen-bond donors (Lipinski definition) is 1.